The third kappa shape index (κ3) is 3.74. The summed E-state index contributed by atoms with van der Waals surface area (Å²) in [5, 5.41) is 0. The molecule has 0 aromatic carbocycles. The van der Waals surface area contributed by atoms with E-state index in [-0.39, 0.29) is 11.8 Å². The highest BCUT2D eigenvalue weighted by Crippen LogP contribution is 2.30. The Hall–Kier alpha value is -1.85. The summed E-state index contributed by atoms with van der Waals surface area (Å²) in [6.45, 7) is 4.79. The molecule has 126 valence electrons. The van der Waals surface area contributed by atoms with Crippen LogP contribution >= 0.6 is 0 Å². The minimum Gasteiger partial charge on any atom is -0.343 e. The number of amides is 2. The zero-order valence-electron chi connectivity index (χ0n) is 13.9. The van der Waals surface area contributed by atoms with Gasteiger partial charge < -0.3 is 14.4 Å². The molecule has 2 saturated heterocycles. The predicted molar refractivity (Wildman–Crippen MR) is 86.6 cm³/mol. The van der Waals surface area contributed by atoms with Gasteiger partial charge in [0.1, 0.15) is 0 Å². The highest BCUT2D eigenvalue weighted by molar-refractivity contribution is 5.77. The predicted octanol–water partition coefficient (Wildman–Crippen LogP) is 1.52. The lowest BCUT2D eigenvalue weighted by molar-refractivity contribution is -0.138. The van der Waals surface area contributed by atoms with Gasteiger partial charge in [-0.15, -0.1) is 0 Å². The lowest BCUT2D eigenvalue weighted by Crippen LogP contribution is -2.53. The van der Waals surface area contributed by atoms with E-state index in [2.05, 4.69) is 9.88 Å². The van der Waals surface area contributed by atoms with Gasteiger partial charge in [0.2, 0.25) is 11.8 Å². The third-order valence-corrected chi connectivity index (χ3v) is 5.23. The molecule has 0 saturated carbocycles. The maximum atomic E-state index is 12.7. The second-order valence-electron chi connectivity index (χ2n) is 6.71. The smallest absolute Gasteiger partial charge is 0.224 e. The van der Waals surface area contributed by atoms with Crippen LogP contribution in [0.1, 0.15) is 39.0 Å². The van der Waals surface area contributed by atoms with Crippen molar-refractivity contribution >= 4 is 11.8 Å². The van der Waals surface area contributed by atoms with Crippen molar-refractivity contribution in [2.45, 2.75) is 51.6 Å². The van der Waals surface area contributed by atoms with Gasteiger partial charge in [-0.1, -0.05) is 6.42 Å². The van der Waals surface area contributed by atoms with Crippen LogP contribution in [-0.2, 0) is 16.1 Å². The molecule has 2 fully saturated rings. The van der Waals surface area contributed by atoms with Crippen molar-refractivity contribution < 1.29 is 9.59 Å². The number of carbonyl (C=O) groups is 2. The van der Waals surface area contributed by atoms with Gasteiger partial charge in [0.15, 0.2) is 0 Å². The highest BCUT2D eigenvalue weighted by atomic mass is 16.2. The molecule has 23 heavy (non-hydrogen) atoms. The lowest BCUT2D eigenvalue weighted by Gasteiger charge is -2.42. The molecule has 0 aliphatic carbocycles. The molecule has 0 spiro atoms. The van der Waals surface area contributed by atoms with Gasteiger partial charge in [0, 0.05) is 58.0 Å². The Morgan fingerprint density at radius 3 is 2.83 bits per heavy atom. The summed E-state index contributed by atoms with van der Waals surface area (Å²) in [6.07, 6.45) is 10.2. The molecule has 6 nitrogen and oxygen atoms in total. The van der Waals surface area contributed by atoms with Gasteiger partial charge in [0.05, 0.1) is 6.33 Å². The fourth-order valence-corrected chi connectivity index (χ4v) is 3.95. The molecule has 3 heterocycles. The molecule has 2 aliphatic heterocycles. The Balaban J connectivity index is 1.63. The quantitative estimate of drug-likeness (QED) is 0.849. The van der Waals surface area contributed by atoms with Crippen molar-refractivity contribution in [1.82, 2.24) is 19.4 Å². The number of nitrogens with zero attached hydrogens (tertiary/aromatic N) is 4. The van der Waals surface area contributed by atoms with Crippen LogP contribution in [0, 0.1) is 5.92 Å². The zero-order valence-corrected chi connectivity index (χ0v) is 13.9. The molecule has 0 radical (unpaired) electrons. The molecule has 0 unspecified atom stereocenters. The molecule has 0 N–H and O–H groups in total. The average molecular weight is 318 g/mol. The van der Waals surface area contributed by atoms with Crippen molar-refractivity contribution in [2.24, 2.45) is 5.92 Å². The zero-order chi connectivity index (χ0) is 16.2. The fourth-order valence-electron chi connectivity index (χ4n) is 3.95. The van der Waals surface area contributed by atoms with Crippen LogP contribution in [0.3, 0.4) is 0 Å². The molecule has 1 aromatic heterocycles. The molecule has 6 heteroatoms. The maximum absolute atomic E-state index is 12.7. The first kappa shape index (κ1) is 16.0. The summed E-state index contributed by atoms with van der Waals surface area (Å²) in [4.78, 5) is 32.4. The normalized spacial score (nSPS) is 24.9. The number of aromatic nitrogens is 2. The Kier molecular flexibility index (Phi) is 4.98. The molecule has 0 bridgehead atoms. The molecule has 2 atom stereocenters. The number of aryl methyl sites for hydroxylation is 1. The summed E-state index contributed by atoms with van der Waals surface area (Å²) in [7, 11) is 0. The molecule has 2 aliphatic rings. The Morgan fingerprint density at radius 2 is 2.09 bits per heavy atom. The fraction of sp³-hybridized carbons (Fsp3) is 0.706. The van der Waals surface area contributed by atoms with Crippen molar-refractivity contribution in [1.29, 1.82) is 0 Å². The van der Waals surface area contributed by atoms with Gasteiger partial charge in [-0.05, 0) is 25.2 Å². The van der Waals surface area contributed by atoms with E-state index in [4.69, 9.17) is 0 Å². The van der Waals surface area contributed by atoms with Crippen molar-refractivity contribution in [3.05, 3.63) is 18.7 Å². The van der Waals surface area contributed by atoms with E-state index in [9.17, 15) is 9.59 Å². The van der Waals surface area contributed by atoms with Crippen LogP contribution in [0.4, 0.5) is 0 Å². The number of carbonyl (C=O) groups excluding carboxylic acids is 2. The van der Waals surface area contributed by atoms with Crippen molar-refractivity contribution in [2.75, 3.05) is 19.6 Å². The van der Waals surface area contributed by atoms with E-state index in [1.54, 1.807) is 19.4 Å². The minimum absolute atomic E-state index is 0.158. The van der Waals surface area contributed by atoms with Gasteiger partial charge in [-0.2, -0.15) is 0 Å². The number of fused-ring (bicyclic) bond motifs is 1. The van der Waals surface area contributed by atoms with Crippen LogP contribution in [-0.4, -0.2) is 56.8 Å². The van der Waals surface area contributed by atoms with E-state index in [1.165, 1.54) is 0 Å². The van der Waals surface area contributed by atoms with E-state index in [0.717, 1.165) is 45.3 Å². The van der Waals surface area contributed by atoms with Crippen molar-refractivity contribution in [3.63, 3.8) is 0 Å². The monoisotopic (exact) mass is 318 g/mol. The first-order valence-corrected chi connectivity index (χ1v) is 8.66. The number of piperidine rings is 1. The topological polar surface area (TPSA) is 58.4 Å². The van der Waals surface area contributed by atoms with Crippen LogP contribution in [0.25, 0.3) is 0 Å². The largest absolute Gasteiger partial charge is 0.343 e. The average Bonchev–Trinajstić information content (AvgIpc) is 2.97. The second kappa shape index (κ2) is 7.15. The van der Waals surface area contributed by atoms with Gasteiger partial charge in [-0.25, -0.2) is 4.98 Å². The SMILES string of the molecule is CC(=O)N1CC[C@@H]2[C@@H](CCCCN2C(=O)CCn2ccnc2)C1. The third-order valence-electron chi connectivity index (χ3n) is 5.23. The minimum atomic E-state index is 0.158. The standard InChI is InChI=1S/C17H26N4O2/c1-14(22)20-10-5-16-15(12-20)4-2-3-8-21(16)17(23)6-9-19-11-7-18-13-19/h7,11,13,15-16H,2-6,8-10,12H2,1H3/t15-,16+/m0/s1. The molecule has 2 amide bonds. The lowest BCUT2D eigenvalue weighted by atomic mass is 9.88. The summed E-state index contributed by atoms with van der Waals surface area (Å²) >= 11 is 0. The molecular weight excluding hydrogens is 292 g/mol. The summed E-state index contributed by atoms with van der Waals surface area (Å²) in [5.41, 5.74) is 0. The van der Waals surface area contributed by atoms with Crippen LogP contribution in [0.5, 0.6) is 0 Å². The van der Waals surface area contributed by atoms with Gasteiger partial charge >= 0.3 is 0 Å². The number of rotatable bonds is 3. The van der Waals surface area contributed by atoms with E-state index in [1.807, 2.05) is 15.7 Å². The van der Waals surface area contributed by atoms with Crippen LogP contribution in [0.15, 0.2) is 18.7 Å². The Labute approximate surface area is 137 Å². The highest BCUT2D eigenvalue weighted by Gasteiger charge is 2.37. The Bertz CT molecular complexity index is 543. The first-order chi connectivity index (χ1) is 11.1. The van der Waals surface area contributed by atoms with Crippen LogP contribution < -0.4 is 0 Å². The first-order valence-electron chi connectivity index (χ1n) is 8.66. The summed E-state index contributed by atoms with van der Waals surface area (Å²) in [6, 6.07) is 0.309. The number of hydrogen-bond acceptors (Lipinski definition) is 3. The molecular formula is C17H26N4O2. The van der Waals surface area contributed by atoms with Crippen molar-refractivity contribution in [3.8, 4) is 0 Å². The molecule has 1 aromatic rings. The van der Waals surface area contributed by atoms with E-state index < -0.39 is 0 Å². The second-order valence-corrected chi connectivity index (χ2v) is 6.71. The molecule has 3 rings (SSSR count). The number of likely N-dealkylation sites (tertiary alicyclic amines) is 2. The maximum Gasteiger partial charge on any atom is 0.224 e. The van der Waals surface area contributed by atoms with Gasteiger partial charge in [-0.3, -0.25) is 9.59 Å². The van der Waals surface area contributed by atoms with E-state index >= 15 is 0 Å². The van der Waals surface area contributed by atoms with Gasteiger partial charge in [0.25, 0.3) is 0 Å². The Morgan fingerprint density at radius 1 is 1.22 bits per heavy atom. The summed E-state index contributed by atoms with van der Waals surface area (Å²) < 4.78 is 1.95. The van der Waals surface area contributed by atoms with E-state index in [0.29, 0.717) is 24.9 Å². The number of hydrogen-bond donors (Lipinski definition) is 0. The van der Waals surface area contributed by atoms with Crippen LogP contribution in [0.2, 0.25) is 0 Å². The summed E-state index contributed by atoms with van der Waals surface area (Å²) in [5.74, 6) is 0.838. The number of imidazole rings is 1.